The fourth-order valence-electron chi connectivity index (χ4n) is 2.79. The van der Waals surface area contributed by atoms with Gasteiger partial charge in [0.15, 0.2) is 0 Å². The Hall–Kier alpha value is -2.28. The molecule has 1 heterocycles. The molecule has 0 atom stereocenters. The molecular weight excluding hydrogens is 346 g/mol. The minimum Gasteiger partial charge on any atom is -0.389 e. The van der Waals surface area contributed by atoms with Crippen LogP contribution in [0.1, 0.15) is 34.8 Å². The molecule has 0 aliphatic heterocycles. The molecule has 2 aromatic carbocycles. The molecule has 0 radical (unpaired) electrons. The van der Waals surface area contributed by atoms with Gasteiger partial charge in [-0.25, -0.2) is 4.98 Å². The number of aliphatic hydroxyl groups excluding tert-OH is 1. The molecule has 1 aromatic heterocycles. The SMILES string of the molecule is CCN(CC)Cc1ccc(C(=O)Nc2ccc3sc(CO)nc3c2)cc1. The Morgan fingerprint density at radius 2 is 1.88 bits per heavy atom. The molecule has 0 bridgehead atoms. The van der Waals surface area contributed by atoms with Crippen molar-refractivity contribution in [1.29, 1.82) is 0 Å². The van der Waals surface area contributed by atoms with Gasteiger partial charge in [0, 0.05) is 17.8 Å². The zero-order valence-corrected chi connectivity index (χ0v) is 15.8. The molecule has 1 amide bonds. The van der Waals surface area contributed by atoms with Crippen LogP contribution in [-0.4, -0.2) is 34.0 Å². The third-order valence-corrected chi connectivity index (χ3v) is 5.36. The van der Waals surface area contributed by atoms with Gasteiger partial charge in [-0.05, 0) is 49.0 Å². The number of nitrogens with zero attached hydrogens (tertiary/aromatic N) is 2. The van der Waals surface area contributed by atoms with Crippen molar-refractivity contribution in [3.63, 3.8) is 0 Å². The first-order valence-electron chi connectivity index (χ1n) is 8.76. The highest BCUT2D eigenvalue weighted by Crippen LogP contribution is 2.25. The van der Waals surface area contributed by atoms with Crippen LogP contribution in [0.4, 0.5) is 5.69 Å². The van der Waals surface area contributed by atoms with Crippen LogP contribution in [-0.2, 0) is 13.2 Å². The van der Waals surface area contributed by atoms with Gasteiger partial charge in [-0.3, -0.25) is 9.69 Å². The molecule has 26 heavy (non-hydrogen) atoms. The summed E-state index contributed by atoms with van der Waals surface area (Å²) in [5.74, 6) is -0.142. The van der Waals surface area contributed by atoms with E-state index in [-0.39, 0.29) is 12.5 Å². The second-order valence-electron chi connectivity index (χ2n) is 6.06. The summed E-state index contributed by atoms with van der Waals surface area (Å²) in [6.07, 6.45) is 0. The average molecular weight is 369 g/mol. The van der Waals surface area contributed by atoms with Gasteiger partial charge in [0.2, 0.25) is 0 Å². The van der Waals surface area contributed by atoms with Crippen molar-refractivity contribution in [3.05, 3.63) is 58.6 Å². The molecule has 2 N–H and O–H groups in total. The summed E-state index contributed by atoms with van der Waals surface area (Å²) >= 11 is 1.45. The minimum atomic E-state index is -0.142. The van der Waals surface area contributed by atoms with Crippen LogP contribution in [0.25, 0.3) is 10.2 Å². The molecule has 0 unspecified atom stereocenters. The molecule has 0 aliphatic rings. The number of carbonyl (C=O) groups excluding carboxylic acids is 1. The highest BCUT2D eigenvalue weighted by molar-refractivity contribution is 7.18. The first kappa shape index (κ1) is 18.5. The number of amides is 1. The lowest BCUT2D eigenvalue weighted by Gasteiger charge is -2.18. The summed E-state index contributed by atoms with van der Waals surface area (Å²) in [5.41, 5.74) is 3.31. The van der Waals surface area contributed by atoms with Gasteiger partial charge in [0.1, 0.15) is 5.01 Å². The third-order valence-electron chi connectivity index (χ3n) is 4.34. The number of anilines is 1. The van der Waals surface area contributed by atoms with Gasteiger partial charge in [0.25, 0.3) is 5.91 Å². The van der Waals surface area contributed by atoms with E-state index in [0.717, 1.165) is 29.9 Å². The summed E-state index contributed by atoms with van der Waals surface area (Å²) in [6.45, 7) is 7.14. The predicted molar refractivity (Wildman–Crippen MR) is 107 cm³/mol. The topological polar surface area (TPSA) is 65.5 Å². The molecule has 0 saturated heterocycles. The fourth-order valence-corrected chi connectivity index (χ4v) is 3.60. The third kappa shape index (κ3) is 4.27. The summed E-state index contributed by atoms with van der Waals surface area (Å²) in [6, 6.07) is 13.3. The Balaban J connectivity index is 1.69. The molecular formula is C20H23N3O2S. The maximum Gasteiger partial charge on any atom is 0.255 e. The largest absolute Gasteiger partial charge is 0.389 e. The predicted octanol–water partition coefficient (Wildman–Crippen LogP) is 3.88. The number of thiazole rings is 1. The molecule has 0 fully saturated rings. The lowest BCUT2D eigenvalue weighted by atomic mass is 10.1. The van der Waals surface area contributed by atoms with Crippen molar-refractivity contribution in [2.75, 3.05) is 18.4 Å². The van der Waals surface area contributed by atoms with Gasteiger partial charge in [-0.2, -0.15) is 0 Å². The van der Waals surface area contributed by atoms with Crippen molar-refractivity contribution in [2.45, 2.75) is 27.0 Å². The van der Waals surface area contributed by atoms with Crippen LogP contribution in [0.2, 0.25) is 0 Å². The Kier molecular flexibility index (Phi) is 5.98. The van der Waals surface area contributed by atoms with Gasteiger partial charge in [-0.1, -0.05) is 26.0 Å². The van der Waals surface area contributed by atoms with E-state index in [2.05, 4.69) is 29.0 Å². The van der Waals surface area contributed by atoms with E-state index in [4.69, 9.17) is 0 Å². The van der Waals surface area contributed by atoms with Crippen LogP contribution in [0, 0.1) is 0 Å². The van der Waals surface area contributed by atoms with Crippen molar-refractivity contribution in [2.24, 2.45) is 0 Å². The van der Waals surface area contributed by atoms with Gasteiger partial charge >= 0.3 is 0 Å². The Morgan fingerprint density at radius 3 is 2.54 bits per heavy atom. The molecule has 3 rings (SSSR count). The average Bonchev–Trinajstić information content (AvgIpc) is 3.09. The lowest BCUT2D eigenvalue weighted by Crippen LogP contribution is -2.22. The first-order valence-corrected chi connectivity index (χ1v) is 9.57. The van der Waals surface area contributed by atoms with Gasteiger partial charge in [0.05, 0.1) is 16.8 Å². The number of hydrogen-bond acceptors (Lipinski definition) is 5. The van der Waals surface area contributed by atoms with Crippen molar-refractivity contribution in [1.82, 2.24) is 9.88 Å². The normalized spacial score (nSPS) is 11.2. The number of carbonyl (C=O) groups is 1. The second-order valence-corrected chi connectivity index (χ2v) is 7.18. The van der Waals surface area contributed by atoms with Crippen molar-refractivity contribution < 1.29 is 9.90 Å². The summed E-state index contributed by atoms with van der Waals surface area (Å²) in [5, 5.41) is 12.8. The van der Waals surface area contributed by atoms with E-state index in [1.807, 2.05) is 42.5 Å². The van der Waals surface area contributed by atoms with Crippen LogP contribution < -0.4 is 5.32 Å². The summed E-state index contributed by atoms with van der Waals surface area (Å²) in [7, 11) is 0. The van der Waals surface area contributed by atoms with Crippen LogP contribution in [0.5, 0.6) is 0 Å². The molecule has 136 valence electrons. The second kappa shape index (κ2) is 8.40. The number of fused-ring (bicyclic) bond motifs is 1. The number of nitrogens with one attached hydrogen (secondary N) is 1. The molecule has 0 aliphatic carbocycles. The van der Waals surface area contributed by atoms with E-state index in [9.17, 15) is 9.90 Å². The van der Waals surface area contributed by atoms with Crippen LogP contribution in [0.15, 0.2) is 42.5 Å². The van der Waals surface area contributed by atoms with Crippen LogP contribution in [0.3, 0.4) is 0 Å². The molecule has 0 spiro atoms. The van der Waals surface area contributed by atoms with Crippen molar-refractivity contribution in [3.8, 4) is 0 Å². The fraction of sp³-hybridized carbons (Fsp3) is 0.300. The number of aliphatic hydroxyl groups is 1. The standard InChI is InChI=1S/C20H23N3O2S/c1-3-23(4-2)12-14-5-7-15(8-6-14)20(25)21-16-9-10-18-17(11-16)22-19(13-24)26-18/h5-11,24H,3-4,12-13H2,1-2H3,(H,21,25). The molecule has 0 saturated carbocycles. The summed E-state index contributed by atoms with van der Waals surface area (Å²) < 4.78 is 0.993. The Labute approximate surface area is 157 Å². The zero-order valence-electron chi connectivity index (χ0n) is 15.0. The Bertz CT molecular complexity index is 886. The monoisotopic (exact) mass is 369 g/mol. The maximum absolute atomic E-state index is 12.5. The van der Waals surface area contributed by atoms with Crippen molar-refractivity contribution >= 4 is 33.1 Å². The highest BCUT2D eigenvalue weighted by Gasteiger charge is 2.09. The number of aromatic nitrogens is 1. The summed E-state index contributed by atoms with van der Waals surface area (Å²) in [4.78, 5) is 19.1. The van der Waals surface area contributed by atoms with E-state index >= 15 is 0 Å². The van der Waals surface area contributed by atoms with E-state index < -0.39 is 0 Å². The maximum atomic E-state index is 12.5. The zero-order chi connectivity index (χ0) is 18.5. The van der Waals surface area contributed by atoms with E-state index in [1.165, 1.54) is 16.9 Å². The first-order chi connectivity index (χ1) is 12.6. The van der Waals surface area contributed by atoms with Gasteiger partial charge in [-0.15, -0.1) is 11.3 Å². The van der Waals surface area contributed by atoms with Crippen LogP contribution >= 0.6 is 11.3 Å². The number of rotatable bonds is 7. The quantitative estimate of drug-likeness (QED) is 0.663. The van der Waals surface area contributed by atoms with E-state index in [1.54, 1.807) is 0 Å². The smallest absolute Gasteiger partial charge is 0.255 e. The number of benzene rings is 2. The molecule has 6 heteroatoms. The molecule has 5 nitrogen and oxygen atoms in total. The lowest BCUT2D eigenvalue weighted by molar-refractivity contribution is 0.102. The molecule has 3 aromatic rings. The minimum absolute atomic E-state index is 0.0686. The van der Waals surface area contributed by atoms with E-state index in [0.29, 0.717) is 16.3 Å². The van der Waals surface area contributed by atoms with Gasteiger partial charge < -0.3 is 10.4 Å². The number of hydrogen-bond donors (Lipinski definition) is 2. The highest BCUT2D eigenvalue weighted by atomic mass is 32.1. The Morgan fingerprint density at radius 1 is 1.15 bits per heavy atom.